The molecule has 1 aliphatic heterocycles. The standard InChI is InChI=1S/C24H21ClN2OS/c25-22-8-4-5-19(15-22)17-29-24-26-13-14-27(24)23(28)16-18-9-11-21(12-10-18)20-6-2-1-3-7-20/h1-12,15H,13-14,16-17H2. The fourth-order valence-electron chi connectivity index (χ4n) is 3.27. The minimum atomic E-state index is 0.0901. The number of benzene rings is 3. The van der Waals surface area contributed by atoms with Gasteiger partial charge in [-0.1, -0.05) is 90.1 Å². The van der Waals surface area contributed by atoms with Crippen LogP contribution in [0.1, 0.15) is 11.1 Å². The van der Waals surface area contributed by atoms with E-state index in [0.29, 0.717) is 19.5 Å². The maximum Gasteiger partial charge on any atom is 0.233 e. The topological polar surface area (TPSA) is 32.7 Å². The maximum atomic E-state index is 12.9. The summed E-state index contributed by atoms with van der Waals surface area (Å²) in [6.07, 6.45) is 0.381. The molecule has 0 aromatic heterocycles. The lowest BCUT2D eigenvalue weighted by atomic mass is 10.0. The molecular weight excluding hydrogens is 400 g/mol. The van der Waals surface area contributed by atoms with Gasteiger partial charge in [-0.3, -0.25) is 14.7 Å². The zero-order valence-electron chi connectivity index (χ0n) is 15.9. The SMILES string of the molecule is O=C(Cc1ccc(-c2ccccc2)cc1)N1CCN=C1SCc1cccc(Cl)c1. The van der Waals surface area contributed by atoms with E-state index in [-0.39, 0.29) is 5.91 Å². The van der Waals surface area contributed by atoms with E-state index < -0.39 is 0 Å². The first-order chi connectivity index (χ1) is 14.2. The van der Waals surface area contributed by atoms with Crippen molar-refractivity contribution in [1.82, 2.24) is 4.90 Å². The van der Waals surface area contributed by atoms with Crippen LogP contribution in [0.5, 0.6) is 0 Å². The number of carbonyl (C=O) groups excluding carboxylic acids is 1. The molecule has 0 bridgehead atoms. The van der Waals surface area contributed by atoms with Crippen molar-refractivity contribution in [2.24, 2.45) is 4.99 Å². The summed E-state index contributed by atoms with van der Waals surface area (Å²) in [6.45, 7) is 1.31. The molecule has 3 aromatic rings. The van der Waals surface area contributed by atoms with E-state index in [1.54, 1.807) is 16.7 Å². The minimum Gasteiger partial charge on any atom is -0.289 e. The second kappa shape index (κ2) is 9.29. The number of amidine groups is 1. The summed E-state index contributed by atoms with van der Waals surface area (Å²) in [7, 11) is 0. The highest BCUT2D eigenvalue weighted by Crippen LogP contribution is 2.23. The molecule has 0 fully saturated rings. The molecule has 0 aliphatic carbocycles. The van der Waals surface area contributed by atoms with Crippen LogP contribution >= 0.6 is 23.4 Å². The largest absolute Gasteiger partial charge is 0.289 e. The van der Waals surface area contributed by atoms with E-state index in [2.05, 4.69) is 29.3 Å². The Balaban J connectivity index is 1.37. The molecule has 3 nitrogen and oxygen atoms in total. The number of thioether (sulfide) groups is 1. The van der Waals surface area contributed by atoms with Gasteiger partial charge in [0.15, 0.2) is 5.17 Å². The lowest BCUT2D eigenvalue weighted by Gasteiger charge is -2.18. The Morgan fingerprint density at radius 3 is 2.45 bits per heavy atom. The predicted octanol–water partition coefficient (Wildman–Crippen LogP) is 5.68. The lowest BCUT2D eigenvalue weighted by molar-refractivity contribution is -0.126. The van der Waals surface area contributed by atoms with Crippen LogP contribution in [0.15, 0.2) is 83.9 Å². The Morgan fingerprint density at radius 1 is 0.931 bits per heavy atom. The molecule has 0 radical (unpaired) electrons. The Kier molecular flexibility index (Phi) is 6.33. The van der Waals surface area contributed by atoms with E-state index in [1.807, 2.05) is 54.6 Å². The molecule has 3 aromatic carbocycles. The quantitative estimate of drug-likeness (QED) is 0.531. The average molecular weight is 421 g/mol. The molecule has 0 N–H and O–H groups in total. The first kappa shape index (κ1) is 19.7. The first-order valence-corrected chi connectivity index (χ1v) is 10.9. The third-order valence-corrected chi connectivity index (χ3v) is 6.10. The number of rotatable bonds is 5. The fraction of sp³-hybridized carbons (Fsp3) is 0.167. The molecule has 0 saturated heterocycles. The average Bonchev–Trinajstić information content (AvgIpc) is 3.22. The van der Waals surface area contributed by atoms with Crippen molar-refractivity contribution in [3.05, 3.63) is 95.0 Å². The van der Waals surface area contributed by atoms with Crippen LogP contribution in [0.4, 0.5) is 0 Å². The highest BCUT2D eigenvalue weighted by molar-refractivity contribution is 8.13. The van der Waals surface area contributed by atoms with Gasteiger partial charge in [0.25, 0.3) is 0 Å². The molecule has 1 amide bonds. The van der Waals surface area contributed by atoms with Crippen molar-refractivity contribution in [2.75, 3.05) is 13.1 Å². The van der Waals surface area contributed by atoms with Gasteiger partial charge in [0.05, 0.1) is 13.0 Å². The molecule has 1 heterocycles. The third-order valence-electron chi connectivity index (χ3n) is 4.78. The third kappa shape index (κ3) is 5.08. The summed E-state index contributed by atoms with van der Waals surface area (Å²) in [5.74, 6) is 0.835. The van der Waals surface area contributed by atoms with E-state index in [0.717, 1.165) is 32.6 Å². The summed E-state index contributed by atoms with van der Waals surface area (Å²) in [5, 5.41) is 1.53. The smallest absolute Gasteiger partial charge is 0.233 e. The summed E-state index contributed by atoms with van der Waals surface area (Å²) < 4.78 is 0. The Hall–Kier alpha value is -2.56. The Bertz CT molecular complexity index is 1020. The molecule has 5 heteroatoms. The molecule has 0 saturated carbocycles. The van der Waals surface area contributed by atoms with E-state index >= 15 is 0 Å². The summed E-state index contributed by atoms with van der Waals surface area (Å²) in [4.78, 5) is 19.2. The number of aliphatic imine (C=N–C) groups is 1. The second-order valence-electron chi connectivity index (χ2n) is 6.87. The first-order valence-electron chi connectivity index (χ1n) is 9.55. The lowest BCUT2D eigenvalue weighted by Crippen LogP contribution is -2.34. The van der Waals surface area contributed by atoms with Gasteiger partial charge in [-0.05, 0) is 34.4 Å². The maximum absolute atomic E-state index is 12.9. The van der Waals surface area contributed by atoms with Gasteiger partial charge in [0, 0.05) is 17.3 Å². The number of halogens is 1. The fourth-order valence-corrected chi connectivity index (χ4v) is 4.49. The van der Waals surface area contributed by atoms with Gasteiger partial charge in [0.2, 0.25) is 5.91 Å². The molecule has 4 rings (SSSR count). The summed E-state index contributed by atoms with van der Waals surface area (Å²) in [6, 6.07) is 26.3. The number of hydrogen-bond acceptors (Lipinski definition) is 3. The number of hydrogen-bond donors (Lipinski definition) is 0. The molecular formula is C24H21ClN2OS. The minimum absolute atomic E-state index is 0.0901. The van der Waals surface area contributed by atoms with Crippen molar-refractivity contribution in [2.45, 2.75) is 12.2 Å². The Morgan fingerprint density at radius 2 is 1.69 bits per heavy atom. The van der Waals surface area contributed by atoms with Gasteiger partial charge in [-0.2, -0.15) is 0 Å². The van der Waals surface area contributed by atoms with Gasteiger partial charge in [-0.15, -0.1) is 0 Å². The highest BCUT2D eigenvalue weighted by atomic mass is 35.5. The predicted molar refractivity (Wildman–Crippen MR) is 122 cm³/mol. The van der Waals surface area contributed by atoms with Crippen LogP contribution in [0.3, 0.4) is 0 Å². The molecule has 1 aliphatic rings. The van der Waals surface area contributed by atoms with Crippen molar-refractivity contribution in [1.29, 1.82) is 0 Å². The zero-order valence-corrected chi connectivity index (χ0v) is 17.5. The molecule has 0 spiro atoms. The van der Waals surface area contributed by atoms with Crippen molar-refractivity contribution < 1.29 is 4.79 Å². The number of amides is 1. The van der Waals surface area contributed by atoms with Gasteiger partial charge < -0.3 is 0 Å². The Labute approximate surface area is 180 Å². The van der Waals surface area contributed by atoms with Crippen LogP contribution in [0, 0.1) is 0 Å². The molecule has 146 valence electrons. The van der Waals surface area contributed by atoms with Gasteiger partial charge in [0.1, 0.15) is 0 Å². The van der Waals surface area contributed by atoms with Crippen molar-refractivity contribution >= 4 is 34.4 Å². The number of nitrogens with zero attached hydrogens (tertiary/aromatic N) is 2. The molecule has 29 heavy (non-hydrogen) atoms. The van der Waals surface area contributed by atoms with E-state index in [9.17, 15) is 4.79 Å². The second-order valence-corrected chi connectivity index (χ2v) is 8.25. The van der Waals surface area contributed by atoms with Gasteiger partial charge >= 0.3 is 0 Å². The van der Waals surface area contributed by atoms with Crippen molar-refractivity contribution in [3.63, 3.8) is 0 Å². The normalized spacial score (nSPS) is 13.4. The van der Waals surface area contributed by atoms with Crippen LogP contribution in [0.25, 0.3) is 11.1 Å². The van der Waals surface area contributed by atoms with E-state index in [1.165, 1.54) is 5.56 Å². The van der Waals surface area contributed by atoms with Crippen LogP contribution in [-0.4, -0.2) is 29.1 Å². The van der Waals surface area contributed by atoms with Crippen molar-refractivity contribution in [3.8, 4) is 11.1 Å². The van der Waals surface area contributed by atoms with Crippen LogP contribution in [-0.2, 0) is 17.0 Å². The number of carbonyl (C=O) groups is 1. The van der Waals surface area contributed by atoms with Crippen LogP contribution < -0.4 is 0 Å². The summed E-state index contributed by atoms with van der Waals surface area (Å²) in [5.41, 5.74) is 4.47. The van der Waals surface area contributed by atoms with Crippen LogP contribution in [0.2, 0.25) is 5.02 Å². The van der Waals surface area contributed by atoms with E-state index in [4.69, 9.17) is 11.6 Å². The zero-order chi connectivity index (χ0) is 20.1. The molecule has 0 atom stereocenters. The molecule has 0 unspecified atom stereocenters. The highest BCUT2D eigenvalue weighted by Gasteiger charge is 2.24. The monoisotopic (exact) mass is 420 g/mol. The summed E-state index contributed by atoms with van der Waals surface area (Å²) >= 11 is 7.64. The van der Waals surface area contributed by atoms with Gasteiger partial charge in [-0.25, -0.2) is 0 Å².